The molecule has 0 radical (unpaired) electrons. The normalized spacial score (nSPS) is 17.1. The van der Waals surface area contributed by atoms with E-state index in [1.165, 1.54) is 6.07 Å². The smallest absolute Gasteiger partial charge is 0.197 e. The first-order valence-corrected chi connectivity index (χ1v) is 7.69. The van der Waals surface area contributed by atoms with E-state index in [0.29, 0.717) is 11.1 Å². The number of rotatable bonds is 1. The minimum Gasteiger partial charge on any atom is -0.370 e. The van der Waals surface area contributed by atoms with Crippen LogP contribution in [-0.2, 0) is 0 Å². The third-order valence-corrected chi connectivity index (χ3v) is 4.48. The van der Waals surface area contributed by atoms with Gasteiger partial charge in [-0.1, -0.05) is 18.2 Å². The molecule has 1 saturated heterocycles. The largest absolute Gasteiger partial charge is 0.370 e. The molecular formula is C18H17FN2O. The van der Waals surface area contributed by atoms with Gasteiger partial charge in [-0.15, -0.1) is 0 Å². The summed E-state index contributed by atoms with van der Waals surface area (Å²) in [5.74, 6) is -0.628. The van der Waals surface area contributed by atoms with E-state index in [9.17, 15) is 9.18 Å². The number of carbonyl (C=O) groups is 1. The van der Waals surface area contributed by atoms with Gasteiger partial charge >= 0.3 is 0 Å². The van der Waals surface area contributed by atoms with Crippen LogP contribution in [0.1, 0.15) is 22.3 Å². The molecule has 1 heterocycles. The molecule has 0 bridgehead atoms. The van der Waals surface area contributed by atoms with Crippen LogP contribution < -0.4 is 10.2 Å². The van der Waals surface area contributed by atoms with E-state index in [2.05, 4.69) is 10.2 Å². The summed E-state index contributed by atoms with van der Waals surface area (Å²) < 4.78 is 14.0. The minimum atomic E-state index is -0.431. The Morgan fingerprint density at radius 3 is 2.82 bits per heavy atom. The summed E-state index contributed by atoms with van der Waals surface area (Å²) in [4.78, 5) is 14.8. The van der Waals surface area contributed by atoms with Gasteiger partial charge in [-0.3, -0.25) is 4.79 Å². The Labute approximate surface area is 128 Å². The lowest BCUT2D eigenvalue weighted by Crippen LogP contribution is -2.27. The monoisotopic (exact) mass is 296 g/mol. The van der Waals surface area contributed by atoms with Crippen LogP contribution in [0.4, 0.5) is 10.1 Å². The van der Waals surface area contributed by atoms with Gasteiger partial charge in [0.25, 0.3) is 0 Å². The van der Waals surface area contributed by atoms with Gasteiger partial charge in [0.05, 0.1) is 5.56 Å². The van der Waals surface area contributed by atoms with Crippen LogP contribution in [0.2, 0.25) is 0 Å². The molecule has 0 saturated carbocycles. The summed E-state index contributed by atoms with van der Waals surface area (Å²) in [5.41, 5.74) is 3.44. The number of carbonyl (C=O) groups excluding carboxylic acids is 1. The average molecular weight is 296 g/mol. The van der Waals surface area contributed by atoms with Crippen molar-refractivity contribution in [2.75, 3.05) is 31.1 Å². The van der Waals surface area contributed by atoms with Crippen molar-refractivity contribution in [1.82, 2.24) is 5.32 Å². The number of hydrogen-bond donors (Lipinski definition) is 1. The lowest BCUT2D eigenvalue weighted by molar-refractivity contribution is 0.104. The summed E-state index contributed by atoms with van der Waals surface area (Å²) in [6.45, 7) is 3.87. The third-order valence-electron chi connectivity index (χ3n) is 4.48. The van der Waals surface area contributed by atoms with Crippen molar-refractivity contribution in [1.29, 1.82) is 0 Å². The van der Waals surface area contributed by atoms with Crippen LogP contribution in [0.5, 0.6) is 0 Å². The molecule has 1 aliphatic heterocycles. The minimum absolute atomic E-state index is 0.196. The van der Waals surface area contributed by atoms with Crippen molar-refractivity contribution in [2.45, 2.75) is 6.42 Å². The van der Waals surface area contributed by atoms with Gasteiger partial charge in [0.2, 0.25) is 0 Å². The van der Waals surface area contributed by atoms with Gasteiger partial charge in [0.15, 0.2) is 5.78 Å². The molecule has 0 atom stereocenters. The fraction of sp³-hybridized carbons (Fsp3) is 0.278. The number of benzene rings is 2. The molecule has 4 rings (SSSR count). The van der Waals surface area contributed by atoms with Crippen LogP contribution in [0.15, 0.2) is 36.4 Å². The molecule has 2 aliphatic rings. The fourth-order valence-corrected chi connectivity index (χ4v) is 3.37. The first kappa shape index (κ1) is 13.5. The molecule has 0 unspecified atom stereocenters. The van der Waals surface area contributed by atoms with Crippen molar-refractivity contribution >= 4 is 11.5 Å². The van der Waals surface area contributed by atoms with E-state index >= 15 is 0 Å². The maximum Gasteiger partial charge on any atom is 0.197 e. The molecule has 4 heteroatoms. The zero-order valence-corrected chi connectivity index (χ0v) is 12.2. The first-order valence-electron chi connectivity index (χ1n) is 7.69. The van der Waals surface area contributed by atoms with E-state index in [1.54, 1.807) is 6.07 Å². The molecule has 22 heavy (non-hydrogen) atoms. The maximum absolute atomic E-state index is 14.0. The molecule has 1 aliphatic carbocycles. The van der Waals surface area contributed by atoms with Gasteiger partial charge in [-0.2, -0.15) is 0 Å². The van der Waals surface area contributed by atoms with E-state index in [4.69, 9.17) is 0 Å². The van der Waals surface area contributed by atoms with Gasteiger partial charge in [-0.25, -0.2) is 4.39 Å². The first-order chi connectivity index (χ1) is 10.8. The van der Waals surface area contributed by atoms with Crippen LogP contribution in [0.3, 0.4) is 0 Å². The van der Waals surface area contributed by atoms with Crippen LogP contribution in [0, 0.1) is 5.82 Å². The van der Waals surface area contributed by atoms with Crippen LogP contribution >= 0.6 is 0 Å². The standard InChI is InChI=1S/C18H17FN2O/c19-16-4-1-3-14-13-6-5-12(11-15(13)18(22)17(14)16)21-9-2-7-20-8-10-21/h1,3-6,11,20H,2,7-10H2. The van der Waals surface area contributed by atoms with Crippen molar-refractivity contribution in [3.63, 3.8) is 0 Å². The molecule has 2 aromatic rings. The Kier molecular flexibility index (Phi) is 3.19. The number of anilines is 1. The molecule has 2 aromatic carbocycles. The summed E-state index contributed by atoms with van der Waals surface area (Å²) >= 11 is 0. The molecule has 0 aromatic heterocycles. The Bertz CT molecular complexity index is 749. The second-order valence-electron chi connectivity index (χ2n) is 5.81. The Balaban J connectivity index is 1.76. The highest BCUT2D eigenvalue weighted by Crippen LogP contribution is 2.39. The SMILES string of the molecule is O=C1c2cc(N3CCCNCC3)ccc2-c2cccc(F)c21. The van der Waals surface area contributed by atoms with Crippen molar-refractivity contribution < 1.29 is 9.18 Å². The zero-order valence-electron chi connectivity index (χ0n) is 12.2. The number of halogens is 1. The number of ketones is 1. The lowest BCUT2D eigenvalue weighted by atomic mass is 10.0. The summed E-state index contributed by atoms with van der Waals surface area (Å²) in [6, 6.07) is 10.7. The topological polar surface area (TPSA) is 32.3 Å². The second kappa shape index (κ2) is 5.21. The molecule has 1 fully saturated rings. The average Bonchev–Trinajstić information content (AvgIpc) is 2.72. The molecule has 3 nitrogen and oxygen atoms in total. The number of fused-ring (bicyclic) bond motifs is 3. The fourth-order valence-electron chi connectivity index (χ4n) is 3.37. The quantitative estimate of drug-likeness (QED) is 0.749. The van der Waals surface area contributed by atoms with Crippen molar-refractivity contribution in [3.05, 3.63) is 53.3 Å². The molecule has 1 N–H and O–H groups in total. The highest BCUT2D eigenvalue weighted by Gasteiger charge is 2.30. The number of nitrogens with zero attached hydrogens (tertiary/aromatic N) is 1. The van der Waals surface area contributed by atoms with Crippen molar-refractivity contribution in [2.24, 2.45) is 0 Å². The second-order valence-corrected chi connectivity index (χ2v) is 5.81. The maximum atomic E-state index is 14.0. The summed E-state index contributed by atoms with van der Waals surface area (Å²) in [7, 11) is 0. The lowest BCUT2D eigenvalue weighted by Gasteiger charge is -2.22. The van der Waals surface area contributed by atoms with Gasteiger partial charge < -0.3 is 10.2 Å². The van der Waals surface area contributed by atoms with E-state index in [0.717, 1.165) is 43.9 Å². The summed E-state index contributed by atoms with van der Waals surface area (Å²) in [6.07, 6.45) is 1.08. The molecule has 0 amide bonds. The predicted octanol–water partition coefficient (Wildman–Crippen LogP) is 2.84. The predicted molar refractivity (Wildman–Crippen MR) is 85.0 cm³/mol. The van der Waals surface area contributed by atoms with Gasteiger partial charge in [-0.05, 0) is 42.3 Å². The summed E-state index contributed by atoms with van der Waals surface area (Å²) in [5, 5.41) is 3.37. The highest BCUT2D eigenvalue weighted by atomic mass is 19.1. The molecule has 0 spiro atoms. The highest BCUT2D eigenvalue weighted by molar-refractivity contribution is 6.22. The van der Waals surface area contributed by atoms with E-state index < -0.39 is 5.82 Å². The Morgan fingerprint density at radius 2 is 1.91 bits per heavy atom. The van der Waals surface area contributed by atoms with Gasteiger partial charge in [0.1, 0.15) is 5.82 Å². The molecular weight excluding hydrogens is 279 g/mol. The van der Waals surface area contributed by atoms with E-state index in [1.807, 2.05) is 24.3 Å². The Morgan fingerprint density at radius 1 is 1.00 bits per heavy atom. The third kappa shape index (κ3) is 2.03. The van der Waals surface area contributed by atoms with Crippen LogP contribution in [-0.4, -0.2) is 32.0 Å². The zero-order chi connectivity index (χ0) is 15.1. The van der Waals surface area contributed by atoms with Gasteiger partial charge in [0, 0.05) is 30.9 Å². The number of nitrogens with one attached hydrogen (secondary N) is 1. The van der Waals surface area contributed by atoms with Crippen molar-refractivity contribution in [3.8, 4) is 11.1 Å². The molecule has 112 valence electrons. The van der Waals surface area contributed by atoms with E-state index in [-0.39, 0.29) is 11.3 Å². The Hall–Kier alpha value is -2.20. The number of hydrogen-bond acceptors (Lipinski definition) is 3. The van der Waals surface area contributed by atoms with Crippen LogP contribution in [0.25, 0.3) is 11.1 Å².